The molecular formula is C76H148O17P2. The number of aliphatic hydroxyl groups excluding tert-OH is 1. The normalized spacial score (nSPS) is 14.4. The third-order valence-corrected chi connectivity index (χ3v) is 19.8. The second-order valence-electron chi connectivity index (χ2n) is 29.1. The largest absolute Gasteiger partial charge is 0.472 e. The molecule has 3 unspecified atom stereocenters. The van der Waals surface area contributed by atoms with Gasteiger partial charge in [-0.05, 0) is 49.4 Å². The Morgan fingerprint density at radius 2 is 0.505 bits per heavy atom. The third-order valence-electron chi connectivity index (χ3n) is 17.9. The van der Waals surface area contributed by atoms with Gasteiger partial charge >= 0.3 is 39.5 Å². The van der Waals surface area contributed by atoms with E-state index in [0.29, 0.717) is 31.6 Å². The van der Waals surface area contributed by atoms with Crippen molar-refractivity contribution < 1.29 is 80.2 Å². The Morgan fingerprint density at radius 3 is 0.747 bits per heavy atom. The van der Waals surface area contributed by atoms with Gasteiger partial charge in [0.05, 0.1) is 26.4 Å². The molecule has 19 heteroatoms. The average Bonchev–Trinajstić information content (AvgIpc) is 2.39. The van der Waals surface area contributed by atoms with E-state index in [9.17, 15) is 43.2 Å². The molecule has 0 amide bonds. The van der Waals surface area contributed by atoms with Gasteiger partial charge in [0.25, 0.3) is 0 Å². The van der Waals surface area contributed by atoms with Gasteiger partial charge in [0, 0.05) is 25.7 Å². The van der Waals surface area contributed by atoms with Gasteiger partial charge in [-0.2, -0.15) is 0 Å². The first-order valence-corrected chi connectivity index (χ1v) is 42.2. The second-order valence-corrected chi connectivity index (χ2v) is 32.0. The van der Waals surface area contributed by atoms with E-state index in [1.165, 1.54) is 180 Å². The highest BCUT2D eigenvalue weighted by Crippen LogP contribution is 2.45. The van der Waals surface area contributed by atoms with Crippen LogP contribution in [0.25, 0.3) is 0 Å². The van der Waals surface area contributed by atoms with Gasteiger partial charge in [0.15, 0.2) is 12.2 Å². The van der Waals surface area contributed by atoms with E-state index < -0.39 is 97.5 Å². The lowest BCUT2D eigenvalue weighted by Gasteiger charge is -2.21. The van der Waals surface area contributed by atoms with Crippen LogP contribution in [0, 0.1) is 23.7 Å². The Morgan fingerprint density at radius 1 is 0.295 bits per heavy atom. The maximum Gasteiger partial charge on any atom is 0.472 e. The second kappa shape index (κ2) is 65.4. The SMILES string of the molecule is CCC(C)CCCCCCCCC(=O)OC[C@H](COP(=O)(O)OC[C@H](O)COP(=O)(O)OC[C@@H](COC(=O)CCCCCCCCCCCCCCCCCC(C)C)OC(=O)CCCCCCCCC(C)C)OC(=O)CCCCCCCCCCCCCCCCCC(C)C. The van der Waals surface area contributed by atoms with Crippen LogP contribution in [0.3, 0.4) is 0 Å². The van der Waals surface area contributed by atoms with E-state index in [4.69, 9.17) is 37.0 Å². The Hall–Kier alpha value is -1.94. The number of phosphoric acid groups is 2. The zero-order valence-electron chi connectivity index (χ0n) is 62.3. The maximum absolute atomic E-state index is 13.1. The molecule has 0 aliphatic heterocycles. The molecule has 6 atom stereocenters. The minimum Gasteiger partial charge on any atom is -0.462 e. The van der Waals surface area contributed by atoms with E-state index in [1.807, 2.05) is 0 Å². The molecule has 0 fully saturated rings. The summed E-state index contributed by atoms with van der Waals surface area (Å²) in [6, 6.07) is 0. The zero-order chi connectivity index (χ0) is 70.3. The number of rotatable bonds is 73. The molecule has 0 aromatic heterocycles. The van der Waals surface area contributed by atoms with E-state index in [1.54, 1.807) is 0 Å². The standard InChI is InChI=1S/C76H148O17P2/c1-9-69(8)55-47-39-33-35-41-49-57-74(79)87-63-71(92-75(80)58-50-42-31-27-23-19-15-11-13-17-21-25-29-37-45-53-67(4)5)64-90-94(82,83)88-60-70(77)61-89-95(84,85)91-65-72(93-76(81)59-51-43-34-32-38-46-54-68(6)7)62-86-73(78)56-48-40-30-26-22-18-14-10-12-16-20-24-28-36-44-52-66(2)3/h66-72,77H,9-65H2,1-8H3,(H,82,83)(H,84,85)/t69?,70-,71+,72+/m0/s1. The molecule has 17 nitrogen and oxygen atoms in total. The molecule has 0 radical (unpaired) electrons. The summed E-state index contributed by atoms with van der Waals surface area (Å²) in [5.41, 5.74) is 0. The van der Waals surface area contributed by atoms with Crippen molar-refractivity contribution in [3.63, 3.8) is 0 Å². The number of unbranched alkanes of at least 4 members (excludes halogenated alkanes) is 38. The molecule has 564 valence electrons. The molecule has 0 heterocycles. The lowest BCUT2D eigenvalue weighted by molar-refractivity contribution is -0.161. The molecule has 0 spiro atoms. The minimum absolute atomic E-state index is 0.102. The molecule has 0 saturated carbocycles. The number of hydrogen-bond acceptors (Lipinski definition) is 15. The molecule has 0 saturated heterocycles. The number of carbonyl (C=O) groups excluding carboxylic acids is 4. The van der Waals surface area contributed by atoms with Gasteiger partial charge in [-0.25, -0.2) is 9.13 Å². The summed E-state index contributed by atoms with van der Waals surface area (Å²) >= 11 is 0. The molecule has 0 bridgehead atoms. The number of aliphatic hydroxyl groups is 1. The predicted octanol–water partition coefficient (Wildman–Crippen LogP) is 22.0. The average molecular weight is 1400 g/mol. The van der Waals surface area contributed by atoms with Crippen molar-refractivity contribution in [2.75, 3.05) is 39.6 Å². The van der Waals surface area contributed by atoms with Crippen molar-refractivity contribution in [3.05, 3.63) is 0 Å². The molecule has 0 rings (SSSR count). The molecule has 0 aliphatic rings. The van der Waals surface area contributed by atoms with Gasteiger partial charge in [0.1, 0.15) is 19.3 Å². The summed E-state index contributed by atoms with van der Waals surface area (Å²) in [7, 11) is -9.91. The lowest BCUT2D eigenvalue weighted by atomic mass is 10.00. The van der Waals surface area contributed by atoms with Crippen LogP contribution in [0.15, 0.2) is 0 Å². The fourth-order valence-electron chi connectivity index (χ4n) is 11.5. The van der Waals surface area contributed by atoms with Crippen molar-refractivity contribution in [3.8, 4) is 0 Å². The Kier molecular flexibility index (Phi) is 64.0. The summed E-state index contributed by atoms with van der Waals surface area (Å²) in [6.07, 6.45) is 50.3. The zero-order valence-corrected chi connectivity index (χ0v) is 64.1. The van der Waals surface area contributed by atoms with Crippen LogP contribution in [0.4, 0.5) is 0 Å². The summed E-state index contributed by atoms with van der Waals surface area (Å²) < 4.78 is 68.4. The Balaban J connectivity index is 5.16. The maximum atomic E-state index is 13.1. The van der Waals surface area contributed by atoms with Gasteiger partial charge in [-0.3, -0.25) is 37.3 Å². The van der Waals surface area contributed by atoms with Crippen molar-refractivity contribution in [1.82, 2.24) is 0 Å². The molecule has 0 aliphatic carbocycles. The van der Waals surface area contributed by atoms with Crippen molar-refractivity contribution in [2.24, 2.45) is 23.7 Å². The molecule has 0 aromatic rings. The van der Waals surface area contributed by atoms with Crippen molar-refractivity contribution in [1.29, 1.82) is 0 Å². The van der Waals surface area contributed by atoms with Crippen molar-refractivity contribution in [2.45, 2.75) is 401 Å². The van der Waals surface area contributed by atoms with Crippen molar-refractivity contribution >= 4 is 39.5 Å². The van der Waals surface area contributed by atoms with Crippen LogP contribution in [-0.2, 0) is 65.4 Å². The monoisotopic (exact) mass is 1400 g/mol. The van der Waals surface area contributed by atoms with Crippen LogP contribution in [0.2, 0.25) is 0 Å². The number of hydrogen-bond donors (Lipinski definition) is 3. The number of esters is 4. The quantitative estimate of drug-likeness (QED) is 0.0222. The summed E-state index contributed by atoms with van der Waals surface area (Å²) in [4.78, 5) is 72.7. The van der Waals surface area contributed by atoms with E-state index in [0.717, 1.165) is 114 Å². The summed E-state index contributed by atoms with van der Waals surface area (Å²) in [5, 5.41) is 10.6. The number of ether oxygens (including phenoxy) is 4. The number of phosphoric ester groups is 2. The summed E-state index contributed by atoms with van der Waals surface area (Å²) in [5.74, 6) is 0.883. The van der Waals surface area contributed by atoms with E-state index in [2.05, 4.69) is 55.4 Å². The van der Waals surface area contributed by atoms with E-state index >= 15 is 0 Å². The highest BCUT2D eigenvalue weighted by molar-refractivity contribution is 7.47. The lowest BCUT2D eigenvalue weighted by Crippen LogP contribution is -2.30. The fraction of sp³-hybridized carbons (Fsp3) is 0.947. The fourth-order valence-corrected chi connectivity index (χ4v) is 13.1. The Labute approximate surface area is 581 Å². The van der Waals surface area contributed by atoms with Crippen LogP contribution in [-0.4, -0.2) is 96.7 Å². The van der Waals surface area contributed by atoms with Gasteiger partial charge in [-0.1, -0.05) is 331 Å². The van der Waals surface area contributed by atoms with Crippen LogP contribution < -0.4 is 0 Å². The molecule has 3 N–H and O–H groups in total. The summed E-state index contributed by atoms with van der Waals surface area (Å²) in [6.45, 7) is 14.1. The first-order chi connectivity index (χ1) is 45.6. The van der Waals surface area contributed by atoms with Crippen LogP contribution >= 0.6 is 15.6 Å². The minimum atomic E-state index is -4.96. The van der Waals surface area contributed by atoms with Gasteiger partial charge < -0.3 is 33.8 Å². The smallest absolute Gasteiger partial charge is 0.462 e. The third kappa shape index (κ3) is 69.0. The molecule has 0 aromatic carbocycles. The van der Waals surface area contributed by atoms with E-state index in [-0.39, 0.29) is 25.7 Å². The molecule has 95 heavy (non-hydrogen) atoms. The first kappa shape index (κ1) is 93.1. The van der Waals surface area contributed by atoms with Gasteiger partial charge in [-0.15, -0.1) is 0 Å². The Bertz CT molecular complexity index is 1870. The first-order valence-electron chi connectivity index (χ1n) is 39.2. The van der Waals surface area contributed by atoms with Crippen LogP contribution in [0.5, 0.6) is 0 Å². The topological polar surface area (TPSA) is 237 Å². The highest BCUT2D eigenvalue weighted by Gasteiger charge is 2.30. The van der Waals surface area contributed by atoms with Crippen LogP contribution in [0.1, 0.15) is 383 Å². The number of carbonyl (C=O) groups is 4. The van der Waals surface area contributed by atoms with Gasteiger partial charge in [0.2, 0.25) is 0 Å². The highest BCUT2D eigenvalue weighted by atomic mass is 31.2. The predicted molar refractivity (Wildman–Crippen MR) is 386 cm³/mol. The molecular weight excluding hydrogens is 1250 g/mol.